The number of H-pyrrole nitrogens is 1. The van der Waals surface area contributed by atoms with Gasteiger partial charge < -0.3 is 45.4 Å². The number of aryl methyl sites for hydroxylation is 2. The summed E-state index contributed by atoms with van der Waals surface area (Å²) in [5.74, 6) is -8.85. The smallest absolute Gasteiger partial charge is 0.314 e. The predicted octanol–water partition coefficient (Wildman–Crippen LogP) is -0.657. The number of phenolic OH excluding ortho intramolecular Hbond substituents is 5. The van der Waals surface area contributed by atoms with Gasteiger partial charge in [0, 0.05) is 13.1 Å². The monoisotopic (exact) mass is 465 g/mol. The van der Waals surface area contributed by atoms with E-state index >= 15 is 0 Å². The number of aliphatic hydroxyl groups is 2. The summed E-state index contributed by atoms with van der Waals surface area (Å²) in [5, 5.41) is 72.2. The summed E-state index contributed by atoms with van der Waals surface area (Å²) in [6.45, 7) is 3.94. The molecule has 1 saturated heterocycles. The SMILES string of the molecule is Cc1nc2nc(C)c(N3CCC(OC(O)(O)c4c(O)c(O)c(O)c(O)c4O)CC3)c(=O)n2[nH]1. The highest BCUT2D eigenvalue weighted by molar-refractivity contribution is 5.68. The molecule has 33 heavy (non-hydrogen) atoms. The standard InChI is InChI=1S/C19H23N5O9/c1-7-11(17(30)24-18(20-7)21-8(2)22-24)23-5-3-9(4-6-23)33-19(31,32)10-12(25)14(27)16(29)15(28)13(10)26/h9,25-29,31-32H,3-6H2,1-2H3,(H,20,21,22). The van der Waals surface area contributed by atoms with Gasteiger partial charge in [-0.05, 0) is 26.7 Å². The number of nitrogens with one attached hydrogen (secondary N) is 1. The lowest BCUT2D eigenvalue weighted by molar-refractivity contribution is -0.368. The van der Waals surface area contributed by atoms with Crippen LogP contribution in [0.15, 0.2) is 4.79 Å². The molecule has 0 aliphatic carbocycles. The van der Waals surface area contributed by atoms with Crippen molar-refractivity contribution in [2.24, 2.45) is 0 Å². The first-order valence-electron chi connectivity index (χ1n) is 9.95. The molecule has 2 aromatic heterocycles. The van der Waals surface area contributed by atoms with Crippen molar-refractivity contribution in [2.75, 3.05) is 18.0 Å². The number of nitrogens with zero attached hydrogens (tertiary/aromatic N) is 4. The number of hydrogen-bond acceptors (Lipinski definition) is 12. The molecule has 1 aliphatic heterocycles. The molecular formula is C19H23N5O9. The lowest BCUT2D eigenvalue weighted by Crippen LogP contribution is -2.44. The number of aromatic hydroxyl groups is 5. The van der Waals surface area contributed by atoms with Crippen LogP contribution in [0, 0.1) is 13.8 Å². The number of hydrogen-bond donors (Lipinski definition) is 8. The van der Waals surface area contributed by atoms with E-state index in [2.05, 4.69) is 15.1 Å². The highest BCUT2D eigenvalue weighted by Crippen LogP contribution is 2.53. The number of ether oxygens (including phenoxy) is 1. The van der Waals surface area contributed by atoms with Crippen molar-refractivity contribution >= 4 is 11.5 Å². The van der Waals surface area contributed by atoms with E-state index < -0.39 is 46.4 Å². The summed E-state index contributed by atoms with van der Waals surface area (Å²) in [6.07, 6.45) is -0.379. The number of piperidine rings is 1. The van der Waals surface area contributed by atoms with Crippen LogP contribution in [0.3, 0.4) is 0 Å². The Hall–Kier alpha value is -3.75. The molecule has 3 aromatic rings. The lowest BCUT2D eigenvalue weighted by Gasteiger charge is -2.36. The molecule has 8 N–H and O–H groups in total. The van der Waals surface area contributed by atoms with E-state index in [9.17, 15) is 40.5 Å². The quantitative estimate of drug-likeness (QED) is 0.137. The number of rotatable bonds is 4. The van der Waals surface area contributed by atoms with Crippen molar-refractivity contribution in [1.29, 1.82) is 0 Å². The zero-order chi connectivity index (χ0) is 24.2. The van der Waals surface area contributed by atoms with Gasteiger partial charge in [0.15, 0.2) is 11.5 Å². The largest absolute Gasteiger partial charge is 0.504 e. The van der Waals surface area contributed by atoms with Crippen molar-refractivity contribution < 1.29 is 40.5 Å². The maximum Gasteiger partial charge on any atom is 0.314 e. The average molecular weight is 465 g/mol. The van der Waals surface area contributed by atoms with Gasteiger partial charge in [-0.15, -0.1) is 0 Å². The Bertz CT molecular complexity index is 1260. The predicted molar refractivity (Wildman–Crippen MR) is 110 cm³/mol. The van der Waals surface area contributed by atoms with Gasteiger partial charge in [-0.2, -0.15) is 9.50 Å². The number of anilines is 1. The first-order valence-corrected chi connectivity index (χ1v) is 9.95. The summed E-state index contributed by atoms with van der Waals surface area (Å²) < 4.78 is 6.48. The zero-order valence-corrected chi connectivity index (χ0v) is 17.6. The van der Waals surface area contributed by atoms with Crippen LogP contribution in [0.5, 0.6) is 28.7 Å². The van der Waals surface area contributed by atoms with Crippen molar-refractivity contribution in [3.05, 3.63) is 27.4 Å². The van der Waals surface area contributed by atoms with Gasteiger partial charge in [-0.3, -0.25) is 9.89 Å². The third-order valence-electron chi connectivity index (χ3n) is 5.54. The average Bonchev–Trinajstić information content (AvgIpc) is 3.12. The van der Waals surface area contributed by atoms with Crippen LogP contribution in [0.2, 0.25) is 0 Å². The van der Waals surface area contributed by atoms with Gasteiger partial charge >= 0.3 is 5.97 Å². The second-order valence-electron chi connectivity index (χ2n) is 7.83. The van der Waals surface area contributed by atoms with Crippen molar-refractivity contribution in [2.45, 2.75) is 38.8 Å². The number of aromatic nitrogens is 4. The summed E-state index contributed by atoms with van der Waals surface area (Å²) in [5.41, 5.74) is -0.621. The first-order chi connectivity index (χ1) is 15.4. The molecule has 4 rings (SSSR count). The number of aromatic amines is 1. The molecule has 0 unspecified atom stereocenters. The van der Waals surface area contributed by atoms with Gasteiger partial charge in [0.25, 0.3) is 11.3 Å². The summed E-state index contributed by atoms with van der Waals surface area (Å²) in [6, 6.07) is 0. The molecule has 0 saturated carbocycles. The Morgan fingerprint density at radius 3 is 2.06 bits per heavy atom. The summed E-state index contributed by atoms with van der Waals surface area (Å²) in [4.78, 5) is 23.2. The van der Waals surface area contributed by atoms with Crippen LogP contribution >= 0.6 is 0 Å². The number of phenols is 5. The minimum absolute atomic E-state index is 0.212. The highest BCUT2D eigenvalue weighted by Gasteiger charge is 2.41. The molecule has 1 aliphatic rings. The second kappa shape index (κ2) is 7.68. The molecule has 14 nitrogen and oxygen atoms in total. The maximum atomic E-state index is 12.9. The van der Waals surface area contributed by atoms with Crippen LogP contribution in [0.25, 0.3) is 5.78 Å². The normalized spacial score (nSPS) is 15.5. The second-order valence-corrected chi connectivity index (χ2v) is 7.83. The van der Waals surface area contributed by atoms with Crippen LogP contribution in [0.4, 0.5) is 5.69 Å². The van der Waals surface area contributed by atoms with Crippen molar-refractivity contribution in [3.63, 3.8) is 0 Å². The molecule has 14 heteroatoms. The molecule has 0 amide bonds. The Balaban J connectivity index is 1.54. The van der Waals surface area contributed by atoms with E-state index in [-0.39, 0.29) is 37.3 Å². The topological polar surface area (TPSA) is 217 Å². The molecular weight excluding hydrogens is 442 g/mol. The van der Waals surface area contributed by atoms with Crippen LogP contribution in [-0.4, -0.2) is 74.5 Å². The van der Waals surface area contributed by atoms with E-state index in [0.717, 1.165) is 0 Å². The van der Waals surface area contributed by atoms with Gasteiger partial charge in [-0.25, -0.2) is 4.98 Å². The van der Waals surface area contributed by atoms with E-state index in [1.54, 1.807) is 18.7 Å². The minimum Gasteiger partial charge on any atom is -0.504 e. The van der Waals surface area contributed by atoms with Crippen LogP contribution < -0.4 is 10.5 Å². The molecule has 3 heterocycles. The minimum atomic E-state index is -3.31. The van der Waals surface area contributed by atoms with Gasteiger partial charge in [0.1, 0.15) is 17.1 Å². The molecule has 0 spiro atoms. The Morgan fingerprint density at radius 1 is 0.939 bits per heavy atom. The van der Waals surface area contributed by atoms with Gasteiger partial charge in [0.2, 0.25) is 17.2 Å². The molecule has 1 aromatic carbocycles. The van der Waals surface area contributed by atoms with Gasteiger partial charge in [0.05, 0.1) is 11.8 Å². The fourth-order valence-corrected chi connectivity index (χ4v) is 3.96. The third-order valence-corrected chi connectivity index (χ3v) is 5.54. The summed E-state index contributed by atoms with van der Waals surface area (Å²) >= 11 is 0. The molecule has 0 radical (unpaired) electrons. The van der Waals surface area contributed by atoms with E-state index in [0.29, 0.717) is 17.2 Å². The van der Waals surface area contributed by atoms with Crippen molar-refractivity contribution in [3.8, 4) is 28.7 Å². The molecule has 178 valence electrons. The Morgan fingerprint density at radius 2 is 1.48 bits per heavy atom. The Labute approximate surface area is 185 Å². The first kappa shape index (κ1) is 22.4. The van der Waals surface area contributed by atoms with Crippen molar-refractivity contribution in [1.82, 2.24) is 19.6 Å². The third kappa shape index (κ3) is 3.63. The fraction of sp³-hybridized carbons (Fsp3) is 0.421. The van der Waals surface area contributed by atoms with Crippen LogP contribution in [0.1, 0.15) is 29.9 Å². The molecule has 1 fully saturated rings. The molecule has 0 atom stereocenters. The highest BCUT2D eigenvalue weighted by atomic mass is 16.8. The van der Waals surface area contributed by atoms with E-state index in [1.165, 1.54) is 4.52 Å². The number of fused-ring (bicyclic) bond motifs is 1. The molecule has 0 bridgehead atoms. The van der Waals surface area contributed by atoms with E-state index in [4.69, 9.17) is 4.74 Å². The zero-order valence-electron chi connectivity index (χ0n) is 17.6. The fourth-order valence-electron chi connectivity index (χ4n) is 3.96. The maximum absolute atomic E-state index is 12.9. The number of benzene rings is 1. The van der Waals surface area contributed by atoms with Crippen LogP contribution in [-0.2, 0) is 10.7 Å². The van der Waals surface area contributed by atoms with E-state index in [1.807, 2.05) is 0 Å². The van der Waals surface area contributed by atoms with Gasteiger partial charge in [-0.1, -0.05) is 0 Å². The lowest BCUT2D eigenvalue weighted by atomic mass is 10.0. The summed E-state index contributed by atoms with van der Waals surface area (Å²) in [7, 11) is 0. The Kier molecular flexibility index (Phi) is 5.23.